The summed E-state index contributed by atoms with van der Waals surface area (Å²) >= 11 is 0. The Labute approximate surface area is 207 Å². The summed E-state index contributed by atoms with van der Waals surface area (Å²) in [5.74, 6) is 0.262. The Hall–Kier alpha value is -4.98. The lowest BCUT2D eigenvalue weighted by molar-refractivity contribution is -0.114. The van der Waals surface area contributed by atoms with Crippen molar-refractivity contribution in [2.24, 2.45) is 0 Å². The van der Waals surface area contributed by atoms with E-state index >= 15 is 0 Å². The van der Waals surface area contributed by atoms with E-state index in [2.05, 4.69) is 58.0 Å². The number of carbonyl (C=O) groups is 1. The number of nitrogens with one attached hydrogen (secondary N) is 1. The lowest BCUT2D eigenvalue weighted by atomic mass is 10.0. The van der Waals surface area contributed by atoms with Gasteiger partial charge in [-0.1, -0.05) is 54.6 Å². The van der Waals surface area contributed by atoms with Gasteiger partial charge in [0.2, 0.25) is 5.91 Å². The molecule has 0 atom stereocenters. The number of nitrogen functional groups attached to an aromatic ring is 1. The number of anilines is 2. The highest BCUT2D eigenvalue weighted by Crippen LogP contribution is 2.36. The predicted molar refractivity (Wildman–Crippen MR) is 141 cm³/mol. The fourth-order valence-corrected chi connectivity index (χ4v) is 4.54. The smallest absolute Gasteiger partial charge is 0.221 e. The number of carbonyl (C=O) groups excluding carboxylic acids is 1. The Kier molecular flexibility index (Phi) is 5.19. The highest BCUT2D eigenvalue weighted by Gasteiger charge is 2.17. The second-order valence-corrected chi connectivity index (χ2v) is 8.70. The summed E-state index contributed by atoms with van der Waals surface area (Å²) in [6, 6.07) is 26.2. The van der Waals surface area contributed by atoms with Gasteiger partial charge in [-0.25, -0.2) is 9.50 Å². The van der Waals surface area contributed by atoms with E-state index in [0.29, 0.717) is 18.1 Å². The molecule has 8 nitrogen and oxygen atoms in total. The van der Waals surface area contributed by atoms with Gasteiger partial charge in [0.25, 0.3) is 0 Å². The van der Waals surface area contributed by atoms with Crippen LogP contribution in [0.5, 0.6) is 0 Å². The molecule has 176 valence electrons. The van der Waals surface area contributed by atoms with Gasteiger partial charge < -0.3 is 11.1 Å². The van der Waals surface area contributed by atoms with Crippen LogP contribution >= 0.6 is 0 Å². The Morgan fingerprint density at radius 2 is 1.83 bits per heavy atom. The monoisotopic (exact) mass is 473 g/mol. The molecular formula is C28H23N7O. The summed E-state index contributed by atoms with van der Waals surface area (Å²) in [6.07, 6.45) is 3.50. The molecule has 0 aliphatic rings. The largest absolute Gasteiger partial charge is 0.382 e. The quantitative estimate of drug-likeness (QED) is 0.367. The third-order valence-electron chi connectivity index (χ3n) is 6.11. The first-order valence-electron chi connectivity index (χ1n) is 11.6. The van der Waals surface area contributed by atoms with Crippen LogP contribution in [0.1, 0.15) is 12.5 Å². The molecular weight excluding hydrogens is 450 g/mol. The van der Waals surface area contributed by atoms with Crippen molar-refractivity contribution in [3.63, 3.8) is 0 Å². The van der Waals surface area contributed by atoms with Crippen LogP contribution < -0.4 is 11.1 Å². The van der Waals surface area contributed by atoms with Gasteiger partial charge in [-0.15, -0.1) is 0 Å². The number of nitrogens with two attached hydrogens (primary N) is 1. The summed E-state index contributed by atoms with van der Waals surface area (Å²) in [4.78, 5) is 15.8. The molecule has 0 saturated carbocycles. The molecule has 6 rings (SSSR count). The van der Waals surface area contributed by atoms with Crippen LogP contribution in [0.15, 0.2) is 91.4 Å². The molecule has 0 unspecified atom stereocenters. The Balaban J connectivity index is 1.45. The number of hydrogen-bond acceptors (Lipinski definition) is 5. The van der Waals surface area contributed by atoms with Crippen molar-refractivity contribution in [3.05, 3.63) is 97.0 Å². The third kappa shape index (κ3) is 3.94. The van der Waals surface area contributed by atoms with E-state index < -0.39 is 0 Å². The number of hydrogen-bond donors (Lipinski definition) is 2. The molecule has 0 aliphatic heterocycles. The summed E-state index contributed by atoms with van der Waals surface area (Å²) in [5, 5.41) is 13.2. The predicted octanol–water partition coefficient (Wildman–Crippen LogP) is 5.00. The van der Waals surface area contributed by atoms with E-state index in [4.69, 9.17) is 10.8 Å². The van der Waals surface area contributed by atoms with Crippen LogP contribution in [0, 0.1) is 0 Å². The SMILES string of the molecule is CC(=O)Nc1cccc(-c2cc(-c3ccc4cn(Cc5ccccc5)nc4c3)c3c(N)ncnn23)c1. The third-order valence-corrected chi connectivity index (χ3v) is 6.11. The summed E-state index contributed by atoms with van der Waals surface area (Å²) in [7, 11) is 0. The molecule has 0 fully saturated rings. The van der Waals surface area contributed by atoms with Crippen molar-refractivity contribution in [2.45, 2.75) is 13.5 Å². The standard InChI is InChI=1S/C28H23N7O/c1-18(36)32-23-9-5-8-21(12-23)26-14-24(27-28(29)30-17-31-35(26)27)20-10-11-22-16-34(33-25(22)13-20)15-19-6-3-2-4-7-19/h2-14,16-17H,15H2,1H3,(H,32,36)(H2,29,30,31). The van der Waals surface area contributed by atoms with Crippen molar-refractivity contribution in [2.75, 3.05) is 11.1 Å². The van der Waals surface area contributed by atoms with Gasteiger partial charge in [-0.2, -0.15) is 10.2 Å². The van der Waals surface area contributed by atoms with Crippen LogP contribution in [0.4, 0.5) is 11.5 Å². The normalized spacial score (nSPS) is 11.2. The number of nitrogens with zero attached hydrogens (tertiary/aromatic N) is 5. The van der Waals surface area contributed by atoms with Crippen LogP contribution in [0.25, 0.3) is 38.8 Å². The van der Waals surface area contributed by atoms with Gasteiger partial charge in [-0.3, -0.25) is 9.48 Å². The minimum absolute atomic E-state index is 0.126. The minimum atomic E-state index is -0.126. The molecule has 6 aromatic rings. The molecule has 3 aromatic carbocycles. The van der Waals surface area contributed by atoms with E-state index in [1.807, 2.05) is 47.1 Å². The number of benzene rings is 3. The average Bonchev–Trinajstić information content (AvgIpc) is 3.46. The maximum atomic E-state index is 11.6. The molecule has 36 heavy (non-hydrogen) atoms. The summed E-state index contributed by atoms with van der Waals surface area (Å²) < 4.78 is 3.75. The molecule has 0 aliphatic carbocycles. The van der Waals surface area contributed by atoms with Crippen molar-refractivity contribution in [1.82, 2.24) is 24.4 Å². The molecule has 0 bridgehead atoms. The van der Waals surface area contributed by atoms with Crippen LogP contribution in [-0.2, 0) is 11.3 Å². The zero-order valence-corrected chi connectivity index (χ0v) is 19.6. The molecule has 0 spiro atoms. The van der Waals surface area contributed by atoms with Crippen molar-refractivity contribution in [1.29, 1.82) is 0 Å². The molecule has 0 radical (unpaired) electrons. The Morgan fingerprint density at radius 1 is 0.972 bits per heavy atom. The van der Waals surface area contributed by atoms with E-state index in [1.54, 1.807) is 4.52 Å². The first-order valence-corrected chi connectivity index (χ1v) is 11.6. The lowest BCUT2D eigenvalue weighted by Gasteiger charge is -2.06. The number of amides is 1. The van der Waals surface area contributed by atoms with Gasteiger partial charge in [0.15, 0.2) is 5.82 Å². The van der Waals surface area contributed by atoms with E-state index in [1.165, 1.54) is 18.8 Å². The van der Waals surface area contributed by atoms with E-state index in [0.717, 1.165) is 38.8 Å². The molecule has 3 N–H and O–H groups in total. The highest BCUT2D eigenvalue weighted by molar-refractivity contribution is 5.95. The van der Waals surface area contributed by atoms with Crippen molar-refractivity contribution in [3.8, 4) is 22.4 Å². The van der Waals surface area contributed by atoms with Gasteiger partial charge in [-0.05, 0) is 35.4 Å². The zero-order valence-electron chi connectivity index (χ0n) is 19.6. The number of rotatable bonds is 5. The first-order chi connectivity index (χ1) is 17.5. The van der Waals surface area contributed by atoms with E-state index in [9.17, 15) is 4.79 Å². The zero-order chi connectivity index (χ0) is 24.6. The van der Waals surface area contributed by atoms with Crippen molar-refractivity contribution >= 4 is 33.8 Å². The van der Waals surface area contributed by atoms with Gasteiger partial charge in [0, 0.05) is 35.3 Å². The average molecular weight is 474 g/mol. The van der Waals surface area contributed by atoms with Crippen LogP contribution in [0.3, 0.4) is 0 Å². The maximum absolute atomic E-state index is 11.6. The molecule has 8 heteroatoms. The molecule has 3 heterocycles. The maximum Gasteiger partial charge on any atom is 0.221 e. The summed E-state index contributed by atoms with van der Waals surface area (Å²) in [5.41, 5.74) is 13.5. The van der Waals surface area contributed by atoms with Gasteiger partial charge in [0.05, 0.1) is 17.8 Å². The fraction of sp³-hybridized carbons (Fsp3) is 0.0714. The second kappa shape index (κ2) is 8.66. The lowest BCUT2D eigenvalue weighted by Crippen LogP contribution is -2.05. The topological polar surface area (TPSA) is 103 Å². The summed E-state index contributed by atoms with van der Waals surface area (Å²) in [6.45, 7) is 2.19. The Morgan fingerprint density at radius 3 is 2.67 bits per heavy atom. The highest BCUT2D eigenvalue weighted by atomic mass is 16.1. The van der Waals surface area contributed by atoms with Gasteiger partial charge >= 0.3 is 0 Å². The van der Waals surface area contributed by atoms with Crippen LogP contribution in [-0.4, -0.2) is 30.3 Å². The van der Waals surface area contributed by atoms with Crippen molar-refractivity contribution < 1.29 is 4.79 Å². The molecule has 0 saturated heterocycles. The van der Waals surface area contributed by atoms with Gasteiger partial charge in [0.1, 0.15) is 11.8 Å². The Bertz CT molecular complexity index is 1730. The molecule has 1 amide bonds. The second-order valence-electron chi connectivity index (χ2n) is 8.70. The fourth-order valence-electron chi connectivity index (χ4n) is 4.54. The minimum Gasteiger partial charge on any atom is -0.382 e. The molecule has 3 aromatic heterocycles. The first kappa shape index (κ1) is 21.5. The van der Waals surface area contributed by atoms with E-state index in [-0.39, 0.29) is 5.91 Å². The van der Waals surface area contributed by atoms with Crippen LogP contribution in [0.2, 0.25) is 0 Å². The number of fused-ring (bicyclic) bond motifs is 2. The number of aromatic nitrogens is 5.